The molecule has 1 aliphatic rings. The smallest absolute Gasteiger partial charge is 0.225 e. The molecule has 2 amide bonds. The van der Waals surface area contributed by atoms with E-state index in [1.54, 1.807) is 0 Å². The summed E-state index contributed by atoms with van der Waals surface area (Å²) in [6.45, 7) is 2.79. The van der Waals surface area contributed by atoms with Gasteiger partial charge in [0.25, 0.3) is 0 Å². The molecule has 6 heteroatoms. The summed E-state index contributed by atoms with van der Waals surface area (Å²) in [7, 11) is 4.03. The molecule has 1 aromatic carbocycles. The molecule has 1 unspecified atom stereocenters. The highest BCUT2D eigenvalue weighted by Gasteiger charge is 2.33. The number of carbonyl (C=O) groups excluding carboxylic acids is 2. The Morgan fingerprint density at radius 1 is 1.33 bits per heavy atom. The summed E-state index contributed by atoms with van der Waals surface area (Å²) in [5.41, 5.74) is 1.13. The van der Waals surface area contributed by atoms with Crippen molar-refractivity contribution in [1.29, 1.82) is 0 Å². The lowest BCUT2D eigenvalue weighted by Gasteiger charge is -2.18. The van der Waals surface area contributed by atoms with Crippen LogP contribution in [-0.2, 0) is 16.0 Å². The van der Waals surface area contributed by atoms with Crippen LogP contribution in [0.3, 0.4) is 0 Å². The lowest BCUT2D eigenvalue weighted by atomic mass is 10.1. The largest absolute Gasteiger partial charge is 0.355 e. The van der Waals surface area contributed by atoms with Crippen molar-refractivity contribution >= 4 is 23.4 Å². The molecular weight excluding hydrogens is 326 g/mol. The van der Waals surface area contributed by atoms with E-state index in [9.17, 15) is 9.59 Å². The molecule has 0 spiro atoms. The number of nitrogens with one attached hydrogen (secondary N) is 1. The van der Waals surface area contributed by atoms with Crippen LogP contribution in [0.4, 0.5) is 0 Å². The van der Waals surface area contributed by atoms with Gasteiger partial charge in [-0.15, -0.1) is 0 Å². The first-order valence-corrected chi connectivity index (χ1v) is 8.78. The van der Waals surface area contributed by atoms with Crippen molar-refractivity contribution in [2.45, 2.75) is 19.3 Å². The zero-order valence-corrected chi connectivity index (χ0v) is 15.2. The third kappa shape index (κ3) is 5.80. The molecule has 0 aromatic heterocycles. The summed E-state index contributed by atoms with van der Waals surface area (Å²) < 4.78 is 0. The van der Waals surface area contributed by atoms with Crippen LogP contribution in [-0.4, -0.2) is 61.9 Å². The Morgan fingerprint density at radius 2 is 2.04 bits per heavy atom. The summed E-state index contributed by atoms with van der Waals surface area (Å²) in [4.78, 5) is 28.2. The van der Waals surface area contributed by atoms with Crippen molar-refractivity contribution in [2.75, 3.05) is 40.3 Å². The lowest BCUT2D eigenvalue weighted by Crippen LogP contribution is -2.34. The average molecular weight is 352 g/mol. The van der Waals surface area contributed by atoms with Gasteiger partial charge in [0.1, 0.15) is 0 Å². The summed E-state index contributed by atoms with van der Waals surface area (Å²) in [6.07, 6.45) is 2.02. The minimum absolute atomic E-state index is 0.0209. The van der Waals surface area contributed by atoms with Crippen molar-refractivity contribution in [3.63, 3.8) is 0 Å². The van der Waals surface area contributed by atoms with Crippen LogP contribution < -0.4 is 5.32 Å². The maximum atomic E-state index is 12.2. The third-order valence-corrected chi connectivity index (χ3v) is 4.50. The van der Waals surface area contributed by atoms with Crippen LogP contribution in [0.2, 0.25) is 5.02 Å². The first-order valence-electron chi connectivity index (χ1n) is 8.40. The molecule has 132 valence electrons. The fourth-order valence-corrected chi connectivity index (χ4v) is 2.99. The molecule has 1 saturated heterocycles. The molecule has 0 radical (unpaired) electrons. The first-order chi connectivity index (χ1) is 11.5. The molecule has 1 N–H and O–H groups in total. The number of halogens is 1. The fraction of sp³-hybridized carbons (Fsp3) is 0.556. The van der Waals surface area contributed by atoms with Crippen molar-refractivity contribution < 1.29 is 9.59 Å². The SMILES string of the molecule is CN(C)CCCN1CC(C(=O)NCCc2ccc(Cl)cc2)CC1=O. The van der Waals surface area contributed by atoms with E-state index >= 15 is 0 Å². The average Bonchev–Trinajstić information content (AvgIpc) is 2.90. The van der Waals surface area contributed by atoms with Gasteiger partial charge in [0.05, 0.1) is 5.92 Å². The quantitative estimate of drug-likeness (QED) is 0.777. The second-order valence-electron chi connectivity index (χ2n) is 6.57. The van der Waals surface area contributed by atoms with E-state index in [0.717, 1.165) is 31.5 Å². The maximum Gasteiger partial charge on any atom is 0.225 e. The van der Waals surface area contributed by atoms with E-state index in [2.05, 4.69) is 10.2 Å². The Balaban J connectivity index is 1.71. The zero-order valence-electron chi connectivity index (χ0n) is 14.4. The summed E-state index contributed by atoms with van der Waals surface area (Å²) in [6, 6.07) is 7.61. The molecule has 1 aliphatic heterocycles. The van der Waals surface area contributed by atoms with Gasteiger partial charge >= 0.3 is 0 Å². The zero-order chi connectivity index (χ0) is 17.5. The van der Waals surface area contributed by atoms with Crippen LogP contribution in [0.1, 0.15) is 18.4 Å². The Bertz CT molecular complexity index is 560. The van der Waals surface area contributed by atoms with E-state index in [1.807, 2.05) is 43.3 Å². The maximum absolute atomic E-state index is 12.2. The van der Waals surface area contributed by atoms with Crippen molar-refractivity contribution in [3.05, 3.63) is 34.9 Å². The van der Waals surface area contributed by atoms with Crippen molar-refractivity contribution in [1.82, 2.24) is 15.1 Å². The van der Waals surface area contributed by atoms with Crippen LogP contribution in [0.25, 0.3) is 0 Å². The van der Waals surface area contributed by atoms with Gasteiger partial charge in [-0.3, -0.25) is 9.59 Å². The summed E-state index contributed by atoms with van der Waals surface area (Å²) in [5.74, 6) is -0.152. The minimum Gasteiger partial charge on any atom is -0.355 e. The molecule has 1 atom stereocenters. The number of hydrogen-bond acceptors (Lipinski definition) is 3. The summed E-state index contributed by atoms with van der Waals surface area (Å²) in [5, 5.41) is 3.65. The Hall–Kier alpha value is -1.59. The second kappa shape index (κ2) is 9.04. The van der Waals surface area contributed by atoms with E-state index in [-0.39, 0.29) is 17.7 Å². The number of rotatable bonds is 8. The predicted molar refractivity (Wildman–Crippen MR) is 96.0 cm³/mol. The van der Waals surface area contributed by atoms with Gasteiger partial charge in [-0.05, 0) is 51.2 Å². The van der Waals surface area contributed by atoms with E-state index in [4.69, 9.17) is 11.6 Å². The van der Waals surface area contributed by atoms with Gasteiger partial charge in [-0.2, -0.15) is 0 Å². The summed E-state index contributed by atoms with van der Waals surface area (Å²) >= 11 is 5.85. The molecular formula is C18H26ClN3O2. The molecule has 0 saturated carbocycles. The molecule has 24 heavy (non-hydrogen) atoms. The van der Waals surface area contributed by atoms with Crippen molar-refractivity contribution in [2.24, 2.45) is 5.92 Å². The first kappa shape index (κ1) is 18.7. The van der Waals surface area contributed by atoms with Gasteiger partial charge < -0.3 is 15.1 Å². The number of benzene rings is 1. The standard InChI is InChI=1S/C18H26ClN3O2/c1-21(2)10-3-11-22-13-15(12-17(22)23)18(24)20-9-8-14-4-6-16(19)7-5-14/h4-7,15H,3,8-13H2,1-2H3,(H,20,24). The number of amides is 2. The number of nitrogens with zero attached hydrogens (tertiary/aromatic N) is 2. The molecule has 2 rings (SSSR count). The second-order valence-corrected chi connectivity index (χ2v) is 7.00. The highest BCUT2D eigenvalue weighted by Crippen LogP contribution is 2.18. The van der Waals surface area contributed by atoms with E-state index < -0.39 is 0 Å². The van der Waals surface area contributed by atoms with Gasteiger partial charge in [-0.25, -0.2) is 0 Å². The fourth-order valence-electron chi connectivity index (χ4n) is 2.87. The Morgan fingerprint density at radius 3 is 2.71 bits per heavy atom. The highest BCUT2D eigenvalue weighted by atomic mass is 35.5. The minimum atomic E-state index is -0.220. The van der Waals surface area contributed by atoms with Gasteiger partial charge in [0.15, 0.2) is 0 Å². The topological polar surface area (TPSA) is 52.6 Å². The number of carbonyl (C=O) groups is 2. The Kier molecular flexibility index (Phi) is 7.06. The molecule has 1 heterocycles. The monoisotopic (exact) mass is 351 g/mol. The number of likely N-dealkylation sites (tertiary alicyclic amines) is 1. The van der Waals surface area contributed by atoms with E-state index in [1.165, 1.54) is 0 Å². The highest BCUT2D eigenvalue weighted by molar-refractivity contribution is 6.30. The molecule has 1 fully saturated rings. The van der Waals surface area contributed by atoms with Crippen LogP contribution in [0.15, 0.2) is 24.3 Å². The lowest BCUT2D eigenvalue weighted by molar-refractivity contribution is -0.129. The van der Waals surface area contributed by atoms with Gasteiger partial charge in [0, 0.05) is 31.1 Å². The molecule has 0 bridgehead atoms. The molecule has 1 aromatic rings. The normalized spacial score (nSPS) is 17.6. The van der Waals surface area contributed by atoms with E-state index in [0.29, 0.717) is 24.5 Å². The van der Waals surface area contributed by atoms with Gasteiger partial charge in [0.2, 0.25) is 11.8 Å². The molecule has 5 nitrogen and oxygen atoms in total. The van der Waals surface area contributed by atoms with Gasteiger partial charge in [-0.1, -0.05) is 23.7 Å². The number of hydrogen-bond donors (Lipinski definition) is 1. The van der Waals surface area contributed by atoms with Crippen LogP contribution in [0, 0.1) is 5.92 Å². The molecule has 0 aliphatic carbocycles. The third-order valence-electron chi connectivity index (χ3n) is 4.24. The predicted octanol–water partition coefficient (Wildman–Crippen LogP) is 1.80. The van der Waals surface area contributed by atoms with Crippen LogP contribution >= 0.6 is 11.6 Å². The van der Waals surface area contributed by atoms with Crippen molar-refractivity contribution in [3.8, 4) is 0 Å². The Labute approximate surface area is 149 Å². The van der Waals surface area contributed by atoms with Crippen LogP contribution in [0.5, 0.6) is 0 Å².